The Hall–Kier alpha value is -0.120. The van der Waals surface area contributed by atoms with Gasteiger partial charge in [0.2, 0.25) is 0 Å². The summed E-state index contributed by atoms with van der Waals surface area (Å²) in [6.07, 6.45) is 6.93. The van der Waals surface area contributed by atoms with Crippen molar-refractivity contribution in [2.24, 2.45) is 23.0 Å². The predicted molar refractivity (Wildman–Crippen MR) is 80.6 cm³/mol. The summed E-state index contributed by atoms with van der Waals surface area (Å²) in [5.74, 6) is 1.34. The second-order valence-corrected chi connectivity index (χ2v) is 8.61. The number of ether oxygens (including phenoxy) is 2. The van der Waals surface area contributed by atoms with Gasteiger partial charge >= 0.3 is 0 Å². The van der Waals surface area contributed by atoms with Gasteiger partial charge in [-0.3, -0.25) is 0 Å². The van der Waals surface area contributed by atoms with Crippen LogP contribution in [0, 0.1) is 17.3 Å². The molecule has 3 rings (SSSR count). The lowest BCUT2D eigenvalue weighted by Crippen LogP contribution is -2.58. The molecule has 20 heavy (non-hydrogen) atoms. The Balaban J connectivity index is 1.76. The van der Waals surface area contributed by atoms with Crippen LogP contribution in [0.15, 0.2) is 0 Å². The largest absolute Gasteiger partial charge is 0.378 e. The van der Waals surface area contributed by atoms with Crippen molar-refractivity contribution in [1.82, 2.24) is 0 Å². The van der Waals surface area contributed by atoms with Crippen LogP contribution in [-0.2, 0) is 9.47 Å². The van der Waals surface area contributed by atoms with Crippen molar-refractivity contribution in [2.75, 3.05) is 19.8 Å². The van der Waals surface area contributed by atoms with Crippen molar-refractivity contribution in [1.29, 1.82) is 0 Å². The van der Waals surface area contributed by atoms with E-state index in [9.17, 15) is 0 Å². The standard InChI is InChI=1S/C17H31NO2/c1-13-8-15(2,3)11-17(18,9-13)14-4-6-20-16(10-14)5-7-19-12-16/h13-14H,4-12,18H2,1-3H3. The molecule has 116 valence electrons. The van der Waals surface area contributed by atoms with Gasteiger partial charge in [0.05, 0.1) is 12.2 Å². The SMILES string of the molecule is CC1CC(C)(C)CC(N)(C2CCOC3(CCOC3)C2)C1. The van der Waals surface area contributed by atoms with E-state index in [1.54, 1.807) is 0 Å². The van der Waals surface area contributed by atoms with Gasteiger partial charge in [-0.1, -0.05) is 20.8 Å². The highest BCUT2D eigenvalue weighted by atomic mass is 16.6. The molecule has 2 N–H and O–H groups in total. The lowest BCUT2D eigenvalue weighted by Gasteiger charge is -2.52. The Morgan fingerprint density at radius 3 is 2.55 bits per heavy atom. The number of rotatable bonds is 1. The maximum atomic E-state index is 6.95. The summed E-state index contributed by atoms with van der Waals surface area (Å²) < 4.78 is 11.7. The molecule has 1 aliphatic carbocycles. The fraction of sp³-hybridized carbons (Fsp3) is 1.00. The highest BCUT2D eigenvalue weighted by Gasteiger charge is 2.50. The summed E-state index contributed by atoms with van der Waals surface area (Å²) >= 11 is 0. The third kappa shape index (κ3) is 2.77. The molecule has 0 radical (unpaired) electrons. The lowest BCUT2D eigenvalue weighted by molar-refractivity contribution is -0.118. The van der Waals surface area contributed by atoms with E-state index in [-0.39, 0.29) is 11.1 Å². The first-order valence-corrected chi connectivity index (χ1v) is 8.33. The minimum absolute atomic E-state index is 0.000532. The molecule has 3 nitrogen and oxygen atoms in total. The molecule has 0 aromatic rings. The van der Waals surface area contributed by atoms with E-state index in [1.165, 1.54) is 12.8 Å². The molecule has 3 heteroatoms. The van der Waals surface area contributed by atoms with Gasteiger partial charge in [0.25, 0.3) is 0 Å². The average Bonchev–Trinajstić information content (AvgIpc) is 2.74. The molecule has 1 saturated carbocycles. The Morgan fingerprint density at radius 2 is 1.90 bits per heavy atom. The fourth-order valence-electron chi connectivity index (χ4n) is 5.39. The van der Waals surface area contributed by atoms with Crippen LogP contribution in [0.1, 0.15) is 59.3 Å². The summed E-state index contributed by atoms with van der Waals surface area (Å²) in [5, 5.41) is 0. The van der Waals surface area contributed by atoms with Crippen molar-refractivity contribution in [2.45, 2.75) is 70.4 Å². The van der Waals surface area contributed by atoms with Gasteiger partial charge in [0, 0.05) is 25.2 Å². The van der Waals surface area contributed by atoms with Crippen LogP contribution < -0.4 is 5.73 Å². The van der Waals surface area contributed by atoms with Gasteiger partial charge in [-0.25, -0.2) is 0 Å². The molecule has 2 saturated heterocycles. The van der Waals surface area contributed by atoms with Gasteiger partial charge < -0.3 is 15.2 Å². The van der Waals surface area contributed by atoms with Crippen LogP contribution in [-0.4, -0.2) is 31.0 Å². The zero-order chi connectivity index (χ0) is 14.4. The van der Waals surface area contributed by atoms with E-state index in [1.807, 2.05) is 0 Å². The van der Waals surface area contributed by atoms with Crippen molar-refractivity contribution in [3.05, 3.63) is 0 Å². The van der Waals surface area contributed by atoms with Crippen LogP contribution in [0.5, 0.6) is 0 Å². The maximum absolute atomic E-state index is 6.95. The summed E-state index contributed by atoms with van der Waals surface area (Å²) in [4.78, 5) is 0. The zero-order valence-electron chi connectivity index (χ0n) is 13.4. The molecule has 0 aromatic carbocycles. The van der Waals surface area contributed by atoms with Crippen LogP contribution >= 0.6 is 0 Å². The highest BCUT2D eigenvalue weighted by Crippen LogP contribution is 2.50. The fourth-order valence-corrected chi connectivity index (χ4v) is 5.39. The Labute approximate surface area is 123 Å². The third-order valence-electron chi connectivity index (χ3n) is 5.81. The lowest BCUT2D eigenvalue weighted by atomic mass is 9.58. The van der Waals surface area contributed by atoms with Crippen LogP contribution in [0.2, 0.25) is 0 Å². The zero-order valence-corrected chi connectivity index (χ0v) is 13.4. The minimum Gasteiger partial charge on any atom is -0.378 e. The van der Waals surface area contributed by atoms with Gasteiger partial charge in [0.15, 0.2) is 0 Å². The first-order chi connectivity index (χ1) is 9.33. The van der Waals surface area contributed by atoms with E-state index in [0.29, 0.717) is 11.3 Å². The summed E-state index contributed by atoms with van der Waals surface area (Å²) in [6.45, 7) is 9.64. The maximum Gasteiger partial charge on any atom is 0.0940 e. The van der Waals surface area contributed by atoms with Gasteiger partial charge in [-0.15, -0.1) is 0 Å². The summed E-state index contributed by atoms with van der Waals surface area (Å²) in [7, 11) is 0. The number of hydrogen-bond acceptors (Lipinski definition) is 3. The van der Waals surface area contributed by atoms with Crippen molar-refractivity contribution < 1.29 is 9.47 Å². The van der Waals surface area contributed by atoms with Crippen LogP contribution in [0.4, 0.5) is 0 Å². The van der Waals surface area contributed by atoms with Crippen molar-refractivity contribution in [3.63, 3.8) is 0 Å². The second-order valence-electron chi connectivity index (χ2n) is 8.61. The molecule has 4 unspecified atom stereocenters. The molecule has 0 bridgehead atoms. The Kier molecular flexibility index (Phi) is 3.67. The minimum atomic E-state index is -0.0138. The number of nitrogens with two attached hydrogens (primary N) is 1. The van der Waals surface area contributed by atoms with Crippen molar-refractivity contribution >= 4 is 0 Å². The molecule has 1 spiro atoms. The number of hydrogen-bond donors (Lipinski definition) is 1. The summed E-state index contributed by atoms with van der Waals surface area (Å²) in [6, 6.07) is 0. The summed E-state index contributed by atoms with van der Waals surface area (Å²) in [5.41, 5.74) is 7.32. The highest BCUT2D eigenvalue weighted by molar-refractivity contribution is 5.04. The average molecular weight is 281 g/mol. The van der Waals surface area contributed by atoms with E-state index >= 15 is 0 Å². The van der Waals surface area contributed by atoms with E-state index in [2.05, 4.69) is 20.8 Å². The molecule has 2 aliphatic heterocycles. The molecular formula is C17H31NO2. The first-order valence-electron chi connectivity index (χ1n) is 8.33. The van der Waals surface area contributed by atoms with Gasteiger partial charge in [0.1, 0.15) is 0 Å². The van der Waals surface area contributed by atoms with E-state index in [4.69, 9.17) is 15.2 Å². The quantitative estimate of drug-likeness (QED) is 0.803. The Morgan fingerprint density at radius 1 is 1.10 bits per heavy atom. The normalized spacial score (nSPS) is 48.6. The van der Waals surface area contributed by atoms with Crippen LogP contribution in [0.25, 0.3) is 0 Å². The van der Waals surface area contributed by atoms with Crippen molar-refractivity contribution in [3.8, 4) is 0 Å². The molecular weight excluding hydrogens is 250 g/mol. The topological polar surface area (TPSA) is 44.5 Å². The first kappa shape index (κ1) is 14.8. The predicted octanol–water partition coefficient (Wildman–Crippen LogP) is 3.12. The monoisotopic (exact) mass is 281 g/mol. The molecule has 3 aliphatic rings. The molecule has 4 atom stereocenters. The third-order valence-corrected chi connectivity index (χ3v) is 5.81. The van der Waals surface area contributed by atoms with Crippen LogP contribution in [0.3, 0.4) is 0 Å². The molecule has 0 amide bonds. The smallest absolute Gasteiger partial charge is 0.0940 e. The van der Waals surface area contributed by atoms with Gasteiger partial charge in [-0.2, -0.15) is 0 Å². The second kappa shape index (κ2) is 4.96. The Bertz CT molecular complexity index is 362. The molecule has 0 aromatic heterocycles. The molecule has 3 fully saturated rings. The van der Waals surface area contributed by atoms with E-state index in [0.717, 1.165) is 51.4 Å². The molecule has 2 heterocycles. The van der Waals surface area contributed by atoms with E-state index < -0.39 is 0 Å². The van der Waals surface area contributed by atoms with Gasteiger partial charge in [-0.05, 0) is 49.4 Å².